The van der Waals surface area contributed by atoms with Crippen LogP contribution in [0.15, 0.2) is 97.6 Å². The lowest BCUT2D eigenvalue weighted by Crippen LogP contribution is -1.81. The minimum Gasteiger partial charge on any atom is -0.298 e. The van der Waals surface area contributed by atoms with Gasteiger partial charge in [0.2, 0.25) is 0 Å². The number of hydrogen-bond acceptors (Lipinski definition) is 5. The van der Waals surface area contributed by atoms with E-state index in [0.717, 1.165) is 30.0 Å². The van der Waals surface area contributed by atoms with Crippen LogP contribution in [0.25, 0.3) is 12.2 Å². The SMILES string of the molecule is Cc1ccncc1.O=Cc1ccc(/C=C/c2ccncc2)cc1.O=Cc1ccc(C=O)cc1. The maximum absolute atomic E-state index is 10.5. The number of carbonyl (C=O) groups is 3. The fourth-order valence-electron chi connectivity index (χ4n) is 2.43. The summed E-state index contributed by atoms with van der Waals surface area (Å²) >= 11 is 0. The fourth-order valence-corrected chi connectivity index (χ4v) is 2.43. The summed E-state index contributed by atoms with van der Waals surface area (Å²) in [6, 6.07) is 21.7. The van der Waals surface area contributed by atoms with Crippen molar-refractivity contribution in [2.45, 2.75) is 6.92 Å². The molecule has 0 atom stereocenters. The third-order valence-corrected chi connectivity index (χ3v) is 4.30. The molecule has 0 unspecified atom stereocenters. The van der Waals surface area contributed by atoms with Crippen LogP contribution < -0.4 is 0 Å². The molecule has 0 spiro atoms. The second kappa shape index (κ2) is 14.5. The van der Waals surface area contributed by atoms with Gasteiger partial charge in [-0.1, -0.05) is 60.7 Å². The lowest BCUT2D eigenvalue weighted by molar-refractivity contribution is 0.111. The molecule has 0 aliphatic heterocycles. The normalized spacial score (nSPS) is 9.61. The third-order valence-electron chi connectivity index (χ3n) is 4.30. The summed E-state index contributed by atoms with van der Waals surface area (Å²) in [7, 11) is 0. The van der Waals surface area contributed by atoms with E-state index in [1.807, 2.05) is 55.5 Å². The van der Waals surface area contributed by atoms with Crippen molar-refractivity contribution in [1.82, 2.24) is 9.97 Å². The summed E-state index contributed by atoms with van der Waals surface area (Å²) in [4.78, 5) is 38.5. The Morgan fingerprint density at radius 1 is 0.455 bits per heavy atom. The highest BCUT2D eigenvalue weighted by Gasteiger charge is 1.90. The molecule has 2 aromatic carbocycles. The summed E-state index contributed by atoms with van der Waals surface area (Å²) in [5, 5.41) is 0. The first kappa shape index (κ1) is 24.8. The van der Waals surface area contributed by atoms with E-state index in [0.29, 0.717) is 16.7 Å². The summed E-state index contributed by atoms with van der Waals surface area (Å²) in [6.07, 6.45) is 13.4. The molecule has 0 bridgehead atoms. The Morgan fingerprint density at radius 3 is 1.06 bits per heavy atom. The molecular weight excluding hydrogens is 412 g/mol. The van der Waals surface area contributed by atoms with Crippen molar-refractivity contribution in [3.8, 4) is 0 Å². The van der Waals surface area contributed by atoms with E-state index in [1.165, 1.54) is 5.56 Å². The molecule has 5 nitrogen and oxygen atoms in total. The molecule has 164 valence electrons. The Hall–Kier alpha value is -4.51. The van der Waals surface area contributed by atoms with Gasteiger partial charge in [-0.25, -0.2) is 0 Å². The Kier molecular flexibility index (Phi) is 10.9. The fraction of sp³-hybridized carbons (Fsp3) is 0.0357. The van der Waals surface area contributed by atoms with Crippen molar-refractivity contribution in [1.29, 1.82) is 0 Å². The number of nitrogens with zero attached hydrogens (tertiary/aromatic N) is 2. The standard InChI is InChI=1S/C14H11NO.C8H6O2.C6H7N/c16-11-14-5-3-12(4-6-14)1-2-13-7-9-15-10-8-13;9-5-7-1-2-8(6-10)4-3-7;1-6-2-4-7-5-3-6/h1-11H;1-6H;2-5H,1H3/b2-1+;;. The van der Waals surface area contributed by atoms with Crippen molar-refractivity contribution in [2.75, 3.05) is 0 Å². The minimum absolute atomic E-state index is 0.589. The summed E-state index contributed by atoms with van der Waals surface area (Å²) < 4.78 is 0. The first-order valence-corrected chi connectivity index (χ1v) is 10.1. The van der Waals surface area contributed by atoms with Gasteiger partial charge in [-0.05, 0) is 47.9 Å². The Bertz CT molecular complexity index is 1110. The quantitative estimate of drug-likeness (QED) is 0.371. The van der Waals surface area contributed by atoms with Gasteiger partial charge in [-0.3, -0.25) is 24.4 Å². The van der Waals surface area contributed by atoms with Gasteiger partial charge in [-0.15, -0.1) is 0 Å². The number of benzene rings is 2. The predicted octanol–water partition coefficient (Wildman–Crippen LogP) is 5.77. The van der Waals surface area contributed by atoms with Crippen LogP contribution in [0, 0.1) is 6.92 Å². The molecule has 0 amide bonds. The van der Waals surface area contributed by atoms with Gasteiger partial charge in [0.15, 0.2) is 0 Å². The van der Waals surface area contributed by atoms with Gasteiger partial charge in [0.05, 0.1) is 0 Å². The number of aldehydes is 3. The monoisotopic (exact) mass is 436 g/mol. The van der Waals surface area contributed by atoms with Crippen LogP contribution >= 0.6 is 0 Å². The first-order valence-electron chi connectivity index (χ1n) is 10.1. The molecule has 0 fully saturated rings. The molecule has 33 heavy (non-hydrogen) atoms. The number of pyridine rings is 2. The van der Waals surface area contributed by atoms with Gasteiger partial charge in [0.25, 0.3) is 0 Å². The van der Waals surface area contributed by atoms with Crippen LogP contribution in [0.1, 0.15) is 47.8 Å². The number of rotatable bonds is 5. The minimum atomic E-state index is 0.589. The van der Waals surface area contributed by atoms with Crippen molar-refractivity contribution in [3.63, 3.8) is 0 Å². The van der Waals surface area contributed by atoms with E-state index in [4.69, 9.17) is 0 Å². The first-order chi connectivity index (χ1) is 16.1. The topological polar surface area (TPSA) is 77.0 Å². The predicted molar refractivity (Wildman–Crippen MR) is 131 cm³/mol. The largest absolute Gasteiger partial charge is 0.298 e. The molecule has 0 saturated heterocycles. The van der Waals surface area contributed by atoms with Gasteiger partial charge < -0.3 is 0 Å². The van der Waals surface area contributed by atoms with Crippen molar-refractivity contribution in [2.24, 2.45) is 0 Å². The zero-order valence-corrected chi connectivity index (χ0v) is 18.2. The smallest absolute Gasteiger partial charge is 0.150 e. The van der Waals surface area contributed by atoms with E-state index >= 15 is 0 Å². The third kappa shape index (κ3) is 9.89. The average molecular weight is 437 g/mol. The molecule has 0 saturated carbocycles. The number of aromatic nitrogens is 2. The second-order valence-corrected chi connectivity index (χ2v) is 6.83. The Labute approximate surface area is 193 Å². The van der Waals surface area contributed by atoms with Crippen LogP contribution in [0.2, 0.25) is 0 Å². The zero-order chi connectivity index (χ0) is 23.7. The van der Waals surface area contributed by atoms with Gasteiger partial charge in [0.1, 0.15) is 18.9 Å². The van der Waals surface area contributed by atoms with Crippen LogP contribution in [-0.4, -0.2) is 28.8 Å². The van der Waals surface area contributed by atoms with Crippen LogP contribution in [0.3, 0.4) is 0 Å². The molecule has 0 N–H and O–H groups in total. The molecule has 5 heteroatoms. The van der Waals surface area contributed by atoms with Crippen LogP contribution in [-0.2, 0) is 0 Å². The molecule has 4 aromatic rings. The maximum Gasteiger partial charge on any atom is 0.150 e. The molecule has 2 heterocycles. The number of aryl methyl sites for hydroxylation is 1. The summed E-state index contributed by atoms with van der Waals surface area (Å²) in [5.74, 6) is 0. The highest BCUT2D eigenvalue weighted by Crippen LogP contribution is 2.08. The van der Waals surface area contributed by atoms with E-state index in [2.05, 4.69) is 9.97 Å². The van der Waals surface area contributed by atoms with Crippen LogP contribution in [0.5, 0.6) is 0 Å². The van der Waals surface area contributed by atoms with Crippen molar-refractivity contribution >= 4 is 31.0 Å². The lowest BCUT2D eigenvalue weighted by Gasteiger charge is -1.94. The Morgan fingerprint density at radius 2 is 0.758 bits per heavy atom. The van der Waals surface area contributed by atoms with E-state index in [9.17, 15) is 14.4 Å². The lowest BCUT2D eigenvalue weighted by atomic mass is 10.1. The molecule has 2 aromatic heterocycles. The van der Waals surface area contributed by atoms with Gasteiger partial charge in [0, 0.05) is 41.5 Å². The average Bonchev–Trinajstić information content (AvgIpc) is 2.89. The second-order valence-electron chi connectivity index (χ2n) is 6.83. The molecule has 0 radical (unpaired) electrons. The van der Waals surface area contributed by atoms with E-state index < -0.39 is 0 Å². The molecule has 0 aliphatic carbocycles. The van der Waals surface area contributed by atoms with Crippen LogP contribution in [0.4, 0.5) is 0 Å². The summed E-state index contributed by atoms with van der Waals surface area (Å²) in [6.45, 7) is 2.04. The molecule has 0 aliphatic rings. The highest BCUT2D eigenvalue weighted by molar-refractivity contribution is 5.79. The number of hydrogen-bond donors (Lipinski definition) is 0. The molecule has 4 rings (SSSR count). The van der Waals surface area contributed by atoms with Gasteiger partial charge >= 0.3 is 0 Å². The van der Waals surface area contributed by atoms with E-state index in [1.54, 1.807) is 61.2 Å². The van der Waals surface area contributed by atoms with Gasteiger partial charge in [-0.2, -0.15) is 0 Å². The summed E-state index contributed by atoms with van der Waals surface area (Å²) in [5.41, 5.74) is 5.31. The number of carbonyl (C=O) groups excluding carboxylic acids is 3. The molecular formula is C28H24N2O3. The van der Waals surface area contributed by atoms with E-state index in [-0.39, 0.29) is 0 Å². The highest BCUT2D eigenvalue weighted by atomic mass is 16.1. The zero-order valence-electron chi connectivity index (χ0n) is 18.2. The van der Waals surface area contributed by atoms with Crippen molar-refractivity contribution < 1.29 is 14.4 Å². The maximum atomic E-state index is 10.5. The Balaban J connectivity index is 0.000000193. The van der Waals surface area contributed by atoms with Crippen molar-refractivity contribution in [3.05, 3.63) is 131 Å².